The van der Waals surface area contributed by atoms with E-state index in [9.17, 15) is 13.2 Å². The first-order chi connectivity index (χ1) is 13.8. The molecule has 2 saturated carbocycles. The average molecular weight is 529 g/mol. The van der Waals surface area contributed by atoms with Gasteiger partial charge in [0.15, 0.2) is 0 Å². The summed E-state index contributed by atoms with van der Waals surface area (Å²) in [5, 5.41) is 9.99. The molecule has 2 aliphatic carbocycles. The molecule has 1 aromatic rings. The van der Waals surface area contributed by atoms with Gasteiger partial charge >= 0.3 is 5.97 Å². The van der Waals surface area contributed by atoms with Gasteiger partial charge < -0.3 is 5.11 Å². The SMILES string of the molecule is O=C(O)CCC/C=C/C1C2CCC(C2)C1CNS(=O)(=O)/C=C/c1cccc(I)c1. The number of carboxylic acids is 1. The monoisotopic (exact) mass is 529 g/mol. The lowest BCUT2D eigenvalue weighted by molar-refractivity contribution is -0.137. The number of sulfonamides is 1. The number of benzene rings is 1. The van der Waals surface area contributed by atoms with Gasteiger partial charge in [-0.25, -0.2) is 13.1 Å². The molecule has 0 aliphatic heterocycles. The van der Waals surface area contributed by atoms with Gasteiger partial charge in [-0.2, -0.15) is 0 Å². The molecule has 0 saturated heterocycles. The first kappa shape index (κ1) is 22.5. The van der Waals surface area contributed by atoms with Crippen LogP contribution < -0.4 is 4.72 Å². The molecule has 0 aromatic heterocycles. The number of hydrogen-bond donors (Lipinski definition) is 2. The molecule has 0 spiro atoms. The van der Waals surface area contributed by atoms with Crippen molar-refractivity contribution in [1.29, 1.82) is 0 Å². The van der Waals surface area contributed by atoms with Crippen molar-refractivity contribution in [1.82, 2.24) is 4.72 Å². The molecule has 0 radical (unpaired) electrons. The maximum Gasteiger partial charge on any atom is 0.303 e. The fraction of sp³-hybridized carbons (Fsp3) is 0.500. The van der Waals surface area contributed by atoms with Gasteiger partial charge in [0.25, 0.3) is 0 Å². The fourth-order valence-electron chi connectivity index (χ4n) is 4.72. The van der Waals surface area contributed by atoms with E-state index in [1.165, 1.54) is 24.7 Å². The molecule has 0 amide bonds. The molecular weight excluding hydrogens is 501 g/mol. The highest BCUT2D eigenvalue weighted by molar-refractivity contribution is 14.1. The Morgan fingerprint density at radius 3 is 2.83 bits per heavy atom. The van der Waals surface area contributed by atoms with Crippen LogP contribution in [0.25, 0.3) is 6.08 Å². The summed E-state index contributed by atoms with van der Waals surface area (Å²) in [6.07, 6.45) is 11.1. The van der Waals surface area contributed by atoms with Gasteiger partial charge in [-0.15, -0.1) is 0 Å². The van der Waals surface area contributed by atoms with E-state index < -0.39 is 16.0 Å². The quantitative estimate of drug-likeness (QED) is 0.263. The second-order valence-electron chi connectivity index (χ2n) is 8.04. The number of nitrogens with one attached hydrogen (secondary N) is 1. The van der Waals surface area contributed by atoms with Crippen LogP contribution in [0.2, 0.25) is 0 Å². The second-order valence-corrected chi connectivity index (χ2v) is 10.9. The molecule has 5 nitrogen and oxygen atoms in total. The van der Waals surface area contributed by atoms with Gasteiger partial charge in [0.2, 0.25) is 10.0 Å². The number of carboxylic acid groups (broad SMARTS) is 1. The Morgan fingerprint density at radius 2 is 2.07 bits per heavy atom. The first-order valence-electron chi connectivity index (χ1n) is 10.2. The van der Waals surface area contributed by atoms with Crippen LogP contribution in [-0.4, -0.2) is 26.0 Å². The van der Waals surface area contributed by atoms with E-state index in [0.717, 1.165) is 15.6 Å². The van der Waals surface area contributed by atoms with Crippen LogP contribution >= 0.6 is 22.6 Å². The zero-order chi connectivity index (χ0) is 20.9. The molecular formula is C22H28INO4S. The standard InChI is InChI=1S/C22H28INO4S/c23-19-6-4-5-16(13-19)11-12-29(27,28)24-15-21-18-10-9-17(14-18)20(21)7-2-1-3-8-22(25)26/h2,4-7,11-13,17-18,20-21,24H,1,3,8-10,14-15H2,(H,25,26)/b7-2+,12-11+. The highest BCUT2D eigenvalue weighted by Crippen LogP contribution is 2.52. The van der Waals surface area contributed by atoms with Crippen molar-refractivity contribution in [3.8, 4) is 0 Å². The predicted octanol–water partition coefficient (Wildman–Crippen LogP) is 4.65. The number of hydrogen-bond acceptors (Lipinski definition) is 3. The molecule has 2 bridgehead atoms. The van der Waals surface area contributed by atoms with Crippen molar-refractivity contribution < 1.29 is 18.3 Å². The Kier molecular flexibility index (Phi) is 7.92. The van der Waals surface area contributed by atoms with Gasteiger partial charge in [-0.05, 0) is 102 Å². The Hall–Kier alpha value is -1.19. The molecule has 29 heavy (non-hydrogen) atoms. The lowest BCUT2D eigenvalue weighted by Gasteiger charge is -2.29. The number of aliphatic carboxylic acids is 1. The van der Waals surface area contributed by atoms with Crippen LogP contribution in [0.3, 0.4) is 0 Å². The molecule has 0 heterocycles. The minimum atomic E-state index is -3.48. The summed E-state index contributed by atoms with van der Waals surface area (Å²) in [6, 6.07) is 7.70. The van der Waals surface area contributed by atoms with Crippen molar-refractivity contribution in [3.63, 3.8) is 0 Å². The summed E-state index contributed by atoms with van der Waals surface area (Å²) in [5.74, 6) is 1.17. The minimum Gasteiger partial charge on any atom is -0.481 e. The van der Waals surface area contributed by atoms with Gasteiger partial charge in [0, 0.05) is 21.9 Å². The lowest BCUT2D eigenvalue weighted by atomic mass is 9.79. The van der Waals surface area contributed by atoms with E-state index in [-0.39, 0.29) is 6.42 Å². The van der Waals surface area contributed by atoms with Gasteiger partial charge in [0.1, 0.15) is 0 Å². The molecule has 2 fully saturated rings. The van der Waals surface area contributed by atoms with Crippen molar-refractivity contribution in [2.24, 2.45) is 23.7 Å². The molecule has 2 N–H and O–H groups in total. The van der Waals surface area contributed by atoms with E-state index in [0.29, 0.717) is 36.6 Å². The highest BCUT2D eigenvalue weighted by Gasteiger charge is 2.46. The Labute approximate surface area is 186 Å². The summed E-state index contributed by atoms with van der Waals surface area (Å²) >= 11 is 2.21. The van der Waals surface area contributed by atoms with Crippen molar-refractivity contribution in [3.05, 3.63) is 51.0 Å². The van der Waals surface area contributed by atoms with Crippen molar-refractivity contribution >= 4 is 44.7 Å². The van der Waals surface area contributed by atoms with Crippen molar-refractivity contribution in [2.75, 3.05) is 6.54 Å². The normalized spacial score (nSPS) is 26.7. The van der Waals surface area contributed by atoms with E-state index in [1.807, 2.05) is 24.3 Å². The third kappa shape index (κ3) is 6.65. The van der Waals surface area contributed by atoms with Crippen LogP contribution in [0.15, 0.2) is 41.8 Å². The van der Waals surface area contributed by atoms with E-state index >= 15 is 0 Å². The van der Waals surface area contributed by atoms with Crippen LogP contribution in [0.5, 0.6) is 0 Å². The summed E-state index contributed by atoms with van der Waals surface area (Å²) in [7, 11) is -3.48. The van der Waals surface area contributed by atoms with E-state index in [2.05, 4.69) is 39.5 Å². The van der Waals surface area contributed by atoms with Crippen LogP contribution in [0.1, 0.15) is 44.1 Å². The average Bonchev–Trinajstić information content (AvgIpc) is 3.26. The maximum atomic E-state index is 12.4. The molecule has 7 heteroatoms. The van der Waals surface area contributed by atoms with Crippen LogP contribution in [0.4, 0.5) is 0 Å². The van der Waals surface area contributed by atoms with E-state index in [4.69, 9.17) is 5.11 Å². The predicted molar refractivity (Wildman–Crippen MR) is 124 cm³/mol. The zero-order valence-corrected chi connectivity index (χ0v) is 19.3. The third-order valence-electron chi connectivity index (χ3n) is 6.09. The van der Waals surface area contributed by atoms with Crippen LogP contribution in [0, 0.1) is 27.2 Å². The number of halogens is 1. The fourth-order valence-corrected chi connectivity index (χ4v) is 6.15. The molecule has 1 aromatic carbocycles. The summed E-state index contributed by atoms with van der Waals surface area (Å²) in [6.45, 7) is 0.463. The second kappa shape index (κ2) is 10.2. The molecule has 4 unspecified atom stereocenters. The Morgan fingerprint density at radius 1 is 1.28 bits per heavy atom. The number of rotatable bonds is 10. The topological polar surface area (TPSA) is 83.5 Å². The number of carbonyl (C=O) groups is 1. The van der Waals surface area contributed by atoms with Crippen LogP contribution in [-0.2, 0) is 14.8 Å². The number of allylic oxidation sites excluding steroid dienone is 2. The first-order valence-corrected chi connectivity index (χ1v) is 12.8. The van der Waals surface area contributed by atoms with Gasteiger partial charge in [-0.3, -0.25) is 4.79 Å². The zero-order valence-electron chi connectivity index (χ0n) is 16.3. The smallest absolute Gasteiger partial charge is 0.303 e. The Balaban J connectivity index is 1.56. The molecule has 3 rings (SSSR count). The highest BCUT2D eigenvalue weighted by atomic mass is 127. The summed E-state index contributed by atoms with van der Waals surface area (Å²) in [5.41, 5.74) is 0.865. The third-order valence-corrected chi connectivity index (χ3v) is 7.82. The van der Waals surface area contributed by atoms with Gasteiger partial charge in [0.05, 0.1) is 0 Å². The molecule has 158 valence electrons. The van der Waals surface area contributed by atoms with E-state index in [1.54, 1.807) is 6.08 Å². The lowest BCUT2D eigenvalue weighted by Crippen LogP contribution is -2.34. The summed E-state index contributed by atoms with van der Waals surface area (Å²) < 4.78 is 28.8. The number of fused-ring (bicyclic) bond motifs is 2. The number of unbranched alkanes of at least 4 members (excludes halogenated alkanes) is 1. The van der Waals surface area contributed by atoms with Gasteiger partial charge in [-0.1, -0.05) is 24.3 Å². The molecule has 4 atom stereocenters. The Bertz CT molecular complexity index is 881. The van der Waals surface area contributed by atoms with Crippen molar-refractivity contribution in [2.45, 2.75) is 38.5 Å². The largest absolute Gasteiger partial charge is 0.481 e. The molecule has 2 aliphatic rings. The minimum absolute atomic E-state index is 0.192. The summed E-state index contributed by atoms with van der Waals surface area (Å²) in [4.78, 5) is 10.6. The maximum absolute atomic E-state index is 12.4.